The van der Waals surface area contributed by atoms with Crippen molar-refractivity contribution in [2.75, 3.05) is 12.3 Å². The topological polar surface area (TPSA) is 123 Å². The fourth-order valence-electron chi connectivity index (χ4n) is 3.10. The number of rotatable bonds is 4. The maximum absolute atomic E-state index is 12.5. The number of aryl methyl sites for hydroxylation is 1. The van der Waals surface area contributed by atoms with Crippen LogP contribution in [-0.4, -0.2) is 36.8 Å². The van der Waals surface area contributed by atoms with Crippen LogP contribution in [0.25, 0.3) is 27.8 Å². The summed E-state index contributed by atoms with van der Waals surface area (Å²) in [4.78, 5) is 28.1. The SMILES string of the molecule is CCCNC(=O)c1c(N)nn2c(=O)cc(-c3ccc4c(cnn4C)c3)[nH]c12. The zero-order chi connectivity index (χ0) is 19.1. The predicted molar refractivity (Wildman–Crippen MR) is 103 cm³/mol. The van der Waals surface area contributed by atoms with Crippen LogP contribution < -0.4 is 16.6 Å². The van der Waals surface area contributed by atoms with E-state index in [2.05, 4.69) is 20.5 Å². The molecule has 0 radical (unpaired) electrons. The van der Waals surface area contributed by atoms with E-state index in [0.29, 0.717) is 12.2 Å². The molecular weight excluding hydrogens is 346 g/mol. The number of nitrogens with one attached hydrogen (secondary N) is 2. The lowest BCUT2D eigenvalue weighted by atomic mass is 10.1. The van der Waals surface area contributed by atoms with E-state index in [4.69, 9.17) is 5.73 Å². The predicted octanol–water partition coefficient (Wildman–Crippen LogP) is 1.30. The van der Waals surface area contributed by atoms with Gasteiger partial charge in [0.25, 0.3) is 11.5 Å². The van der Waals surface area contributed by atoms with Gasteiger partial charge < -0.3 is 16.0 Å². The van der Waals surface area contributed by atoms with Crippen LogP contribution in [0.3, 0.4) is 0 Å². The monoisotopic (exact) mass is 365 g/mol. The quantitative estimate of drug-likeness (QED) is 0.503. The first-order chi connectivity index (χ1) is 13.0. The van der Waals surface area contributed by atoms with Crippen LogP contribution in [0.1, 0.15) is 23.7 Å². The lowest BCUT2D eigenvalue weighted by Gasteiger charge is -2.06. The maximum atomic E-state index is 12.5. The zero-order valence-corrected chi connectivity index (χ0v) is 15.0. The second-order valence-electron chi connectivity index (χ2n) is 6.34. The molecule has 0 aliphatic carbocycles. The highest BCUT2D eigenvalue weighted by atomic mass is 16.2. The van der Waals surface area contributed by atoms with Crippen molar-refractivity contribution in [3.05, 3.63) is 46.4 Å². The molecule has 0 bridgehead atoms. The Labute approximate surface area is 153 Å². The zero-order valence-electron chi connectivity index (χ0n) is 15.0. The first-order valence-electron chi connectivity index (χ1n) is 8.61. The molecule has 0 spiro atoms. The van der Waals surface area contributed by atoms with Crippen molar-refractivity contribution in [1.29, 1.82) is 0 Å². The fourth-order valence-corrected chi connectivity index (χ4v) is 3.10. The lowest BCUT2D eigenvalue weighted by molar-refractivity contribution is 0.0956. The average Bonchev–Trinajstić information content (AvgIpc) is 3.19. The van der Waals surface area contributed by atoms with E-state index in [9.17, 15) is 9.59 Å². The molecule has 0 fully saturated rings. The molecule has 138 valence electrons. The molecule has 4 N–H and O–H groups in total. The molecule has 9 nitrogen and oxygen atoms in total. The minimum atomic E-state index is -0.369. The third-order valence-corrected chi connectivity index (χ3v) is 4.46. The number of aromatic nitrogens is 5. The molecule has 4 rings (SSSR count). The lowest BCUT2D eigenvalue weighted by Crippen LogP contribution is -2.25. The summed E-state index contributed by atoms with van der Waals surface area (Å²) in [6.07, 6.45) is 2.55. The number of benzene rings is 1. The summed E-state index contributed by atoms with van der Waals surface area (Å²) in [6.45, 7) is 2.46. The van der Waals surface area contributed by atoms with Crippen LogP contribution in [-0.2, 0) is 7.05 Å². The van der Waals surface area contributed by atoms with Crippen molar-refractivity contribution < 1.29 is 4.79 Å². The number of carbonyl (C=O) groups excluding carboxylic acids is 1. The summed E-state index contributed by atoms with van der Waals surface area (Å²) in [7, 11) is 1.87. The Kier molecular flexibility index (Phi) is 3.91. The number of anilines is 1. The van der Waals surface area contributed by atoms with Gasteiger partial charge in [-0.15, -0.1) is 5.10 Å². The first kappa shape index (κ1) is 16.8. The van der Waals surface area contributed by atoms with Crippen LogP contribution in [0, 0.1) is 0 Å². The molecular formula is C18H19N7O2. The van der Waals surface area contributed by atoms with E-state index in [1.165, 1.54) is 6.07 Å². The second-order valence-corrected chi connectivity index (χ2v) is 6.34. The number of aromatic amines is 1. The number of hydrogen-bond donors (Lipinski definition) is 3. The molecule has 0 aliphatic heterocycles. The van der Waals surface area contributed by atoms with Gasteiger partial charge in [0.05, 0.1) is 17.4 Å². The Morgan fingerprint density at radius 2 is 2.15 bits per heavy atom. The third-order valence-electron chi connectivity index (χ3n) is 4.46. The minimum absolute atomic E-state index is 0.0109. The Morgan fingerprint density at radius 1 is 1.33 bits per heavy atom. The summed E-state index contributed by atoms with van der Waals surface area (Å²) in [5.41, 5.74) is 8.33. The number of nitrogens with two attached hydrogens (primary N) is 1. The van der Waals surface area contributed by atoms with Gasteiger partial charge in [0.1, 0.15) is 5.56 Å². The van der Waals surface area contributed by atoms with Crippen molar-refractivity contribution >= 4 is 28.3 Å². The van der Waals surface area contributed by atoms with Crippen molar-refractivity contribution in [2.24, 2.45) is 7.05 Å². The molecule has 0 atom stereocenters. The maximum Gasteiger partial charge on any atom is 0.274 e. The van der Waals surface area contributed by atoms with E-state index in [1.807, 2.05) is 32.2 Å². The van der Waals surface area contributed by atoms with E-state index in [-0.39, 0.29) is 28.5 Å². The summed E-state index contributed by atoms with van der Waals surface area (Å²) in [6, 6.07) is 7.19. The van der Waals surface area contributed by atoms with Crippen LogP contribution in [0.5, 0.6) is 0 Å². The minimum Gasteiger partial charge on any atom is -0.381 e. The van der Waals surface area contributed by atoms with Crippen molar-refractivity contribution in [1.82, 2.24) is 29.7 Å². The Bertz CT molecular complexity index is 1230. The molecule has 0 saturated carbocycles. The van der Waals surface area contributed by atoms with Crippen LogP contribution >= 0.6 is 0 Å². The standard InChI is InChI=1S/C18H19N7O2/c1-3-6-20-18(27)15-16(19)23-25-14(26)8-12(22-17(15)25)10-4-5-13-11(7-10)9-21-24(13)2/h4-5,7-9,22H,3,6H2,1-2H3,(H2,19,23)(H,20,27). The molecule has 0 saturated heterocycles. The number of carbonyl (C=O) groups is 1. The number of amides is 1. The van der Waals surface area contributed by atoms with Crippen LogP contribution in [0.2, 0.25) is 0 Å². The summed E-state index contributed by atoms with van der Waals surface area (Å²) in [5, 5.41) is 12.0. The van der Waals surface area contributed by atoms with E-state index < -0.39 is 0 Å². The number of nitrogens with zero attached hydrogens (tertiary/aromatic N) is 4. The van der Waals surface area contributed by atoms with Gasteiger partial charge >= 0.3 is 0 Å². The van der Waals surface area contributed by atoms with Crippen molar-refractivity contribution in [3.8, 4) is 11.3 Å². The molecule has 3 aromatic heterocycles. The molecule has 1 aromatic carbocycles. The Balaban J connectivity index is 1.88. The van der Waals surface area contributed by atoms with E-state index >= 15 is 0 Å². The largest absolute Gasteiger partial charge is 0.381 e. The van der Waals surface area contributed by atoms with E-state index in [0.717, 1.165) is 27.4 Å². The van der Waals surface area contributed by atoms with Gasteiger partial charge in [-0.1, -0.05) is 13.0 Å². The average molecular weight is 365 g/mol. The Hall–Kier alpha value is -3.62. The van der Waals surface area contributed by atoms with Gasteiger partial charge in [-0.3, -0.25) is 14.3 Å². The van der Waals surface area contributed by atoms with Crippen LogP contribution in [0.15, 0.2) is 35.3 Å². The van der Waals surface area contributed by atoms with Gasteiger partial charge in [-0.05, 0) is 24.1 Å². The molecule has 0 unspecified atom stereocenters. The first-order valence-corrected chi connectivity index (χ1v) is 8.61. The van der Waals surface area contributed by atoms with Gasteiger partial charge in [-0.25, -0.2) is 0 Å². The van der Waals surface area contributed by atoms with Crippen molar-refractivity contribution in [3.63, 3.8) is 0 Å². The summed E-state index contributed by atoms with van der Waals surface area (Å²) < 4.78 is 2.89. The second kappa shape index (κ2) is 6.27. The molecule has 0 aliphatic rings. The smallest absolute Gasteiger partial charge is 0.274 e. The molecule has 3 heterocycles. The highest BCUT2D eigenvalue weighted by Gasteiger charge is 2.20. The van der Waals surface area contributed by atoms with Gasteiger partial charge in [0.15, 0.2) is 11.5 Å². The van der Waals surface area contributed by atoms with Crippen molar-refractivity contribution in [2.45, 2.75) is 13.3 Å². The molecule has 1 amide bonds. The highest BCUT2D eigenvalue weighted by Crippen LogP contribution is 2.24. The third kappa shape index (κ3) is 2.73. The number of fused-ring (bicyclic) bond motifs is 2. The summed E-state index contributed by atoms with van der Waals surface area (Å²) >= 11 is 0. The number of nitrogen functional groups attached to an aromatic ring is 1. The van der Waals surface area contributed by atoms with Crippen LogP contribution in [0.4, 0.5) is 5.82 Å². The molecule has 4 aromatic rings. The molecule has 9 heteroatoms. The van der Waals surface area contributed by atoms with Gasteiger partial charge in [0, 0.05) is 25.0 Å². The highest BCUT2D eigenvalue weighted by molar-refractivity contribution is 6.04. The fraction of sp³-hybridized carbons (Fsp3) is 0.222. The normalized spacial score (nSPS) is 11.3. The van der Waals surface area contributed by atoms with Gasteiger partial charge in [-0.2, -0.15) is 9.61 Å². The summed E-state index contributed by atoms with van der Waals surface area (Å²) in [5.74, 6) is -0.350. The van der Waals surface area contributed by atoms with E-state index in [1.54, 1.807) is 10.9 Å². The molecule has 27 heavy (non-hydrogen) atoms. The Morgan fingerprint density at radius 3 is 2.93 bits per heavy atom. The number of H-pyrrole nitrogens is 1. The number of hydrogen-bond acceptors (Lipinski definition) is 5. The van der Waals surface area contributed by atoms with Gasteiger partial charge in [0.2, 0.25) is 0 Å².